The van der Waals surface area contributed by atoms with Crippen LogP contribution in [0.3, 0.4) is 0 Å². The van der Waals surface area contributed by atoms with E-state index in [0.29, 0.717) is 0 Å². The van der Waals surface area contributed by atoms with E-state index in [9.17, 15) is 0 Å². The van der Waals surface area contributed by atoms with Crippen LogP contribution in [0, 0.1) is 0 Å². The van der Waals surface area contributed by atoms with Crippen molar-refractivity contribution in [3.05, 3.63) is 152 Å². The molecule has 0 amide bonds. The molecule has 0 radical (unpaired) electrons. The van der Waals surface area contributed by atoms with E-state index in [0.717, 1.165) is 39.6 Å². The van der Waals surface area contributed by atoms with Crippen LogP contribution in [0.2, 0.25) is 0 Å². The molecule has 3 aromatic heterocycles. The van der Waals surface area contributed by atoms with Gasteiger partial charge in [0.25, 0.3) is 0 Å². The van der Waals surface area contributed by atoms with Crippen LogP contribution in [0.1, 0.15) is 0 Å². The molecule has 0 atom stereocenters. The Morgan fingerprint density at radius 3 is 1.73 bits per heavy atom. The minimum absolute atomic E-state index is 0.738. The number of fused-ring (bicyclic) bond motifs is 7. The fourth-order valence-corrected chi connectivity index (χ4v) is 7.75. The molecule has 0 bridgehead atoms. The number of benzene rings is 6. The molecular weight excluding hydrogens is 555 g/mol. The minimum Gasteiger partial charge on any atom is -0.308 e. The van der Waals surface area contributed by atoms with Crippen molar-refractivity contribution < 1.29 is 0 Å². The fraction of sp³-hybridized carbons (Fsp3) is 0. The van der Waals surface area contributed by atoms with Crippen LogP contribution in [0.25, 0.3) is 81.6 Å². The smallest absolute Gasteiger partial charge is 0.161 e. The molecule has 0 saturated carbocycles. The Morgan fingerprint density at radius 1 is 0.455 bits per heavy atom. The number of hydrogen-bond donors (Lipinski definition) is 0. The summed E-state index contributed by atoms with van der Waals surface area (Å²) in [6, 6.07) is 53.4. The van der Waals surface area contributed by atoms with Gasteiger partial charge in [-0.15, -0.1) is 11.3 Å². The maximum absolute atomic E-state index is 5.17. The summed E-state index contributed by atoms with van der Waals surface area (Å²) in [5.41, 5.74) is 8.65. The molecule has 0 N–H and O–H groups in total. The van der Waals surface area contributed by atoms with Gasteiger partial charge in [0.1, 0.15) is 0 Å². The Balaban J connectivity index is 1.35. The summed E-state index contributed by atoms with van der Waals surface area (Å²) in [5.74, 6) is 0.738. The summed E-state index contributed by atoms with van der Waals surface area (Å²) < 4.78 is 4.89. The zero-order valence-corrected chi connectivity index (χ0v) is 24.5. The van der Waals surface area contributed by atoms with Gasteiger partial charge >= 0.3 is 0 Å². The highest BCUT2D eigenvalue weighted by molar-refractivity contribution is 7.27. The Bertz CT molecular complexity index is 2420. The fourth-order valence-electron chi connectivity index (χ4n) is 6.41. The summed E-state index contributed by atoms with van der Waals surface area (Å²) >= 11 is 1.84. The molecule has 0 aliphatic carbocycles. The van der Waals surface area contributed by atoms with Crippen molar-refractivity contribution in [3.8, 4) is 39.6 Å². The third-order valence-electron chi connectivity index (χ3n) is 8.42. The molecule has 0 fully saturated rings. The van der Waals surface area contributed by atoms with E-state index < -0.39 is 0 Å². The molecule has 0 spiro atoms. The molecule has 9 rings (SSSR count). The highest BCUT2D eigenvalue weighted by Gasteiger charge is 2.20. The van der Waals surface area contributed by atoms with E-state index in [4.69, 9.17) is 9.97 Å². The summed E-state index contributed by atoms with van der Waals surface area (Å²) in [6.45, 7) is 0. The van der Waals surface area contributed by atoms with E-state index in [-0.39, 0.29) is 0 Å². The molecule has 0 aliphatic heterocycles. The standard InChI is InChI=1S/C40H25N3S/c1-4-13-26(14-5-1)34-25-35(27-15-6-2-7-16-27)42-40(41-34)33-21-12-20-31-32-24-23-30-29-19-10-11-22-36(29)43(28-17-8-3-9-18-28)37(30)39(32)44-38(31)33/h1-25H. The van der Waals surface area contributed by atoms with Crippen molar-refractivity contribution in [1.82, 2.24) is 14.5 Å². The van der Waals surface area contributed by atoms with Crippen LogP contribution in [0.4, 0.5) is 0 Å². The van der Waals surface area contributed by atoms with Crippen LogP contribution in [-0.2, 0) is 0 Å². The van der Waals surface area contributed by atoms with Crippen molar-refractivity contribution in [2.45, 2.75) is 0 Å². The number of hydrogen-bond acceptors (Lipinski definition) is 3. The second-order valence-corrected chi connectivity index (χ2v) is 12.0. The van der Waals surface area contributed by atoms with Crippen molar-refractivity contribution in [3.63, 3.8) is 0 Å². The van der Waals surface area contributed by atoms with Gasteiger partial charge in [-0.3, -0.25) is 0 Å². The van der Waals surface area contributed by atoms with Gasteiger partial charge in [0.15, 0.2) is 5.82 Å². The molecule has 0 saturated heterocycles. The molecule has 0 aliphatic rings. The Labute approximate surface area is 258 Å². The van der Waals surface area contributed by atoms with Gasteiger partial charge < -0.3 is 4.57 Å². The molecule has 44 heavy (non-hydrogen) atoms. The average molecular weight is 580 g/mol. The third kappa shape index (κ3) is 3.89. The minimum atomic E-state index is 0.738. The highest BCUT2D eigenvalue weighted by Crippen LogP contribution is 2.45. The Hall–Kier alpha value is -5.58. The van der Waals surface area contributed by atoms with Crippen LogP contribution in [0.15, 0.2) is 152 Å². The molecular formula is C40H25N3S. The monoisotopic (exact) mass is 579 g/mol. The van der Waals surface area contributed by atoms with Gasteiger partial charge in [0, 0.05) is 48.6 Å². The van der Waals surface area contributed by atoms with Gasteiger partial charge in [-0.25, -0.2) is 9.97 Å². The van der Waals surface area contributed by atoms with Crippen molar-refractivity contribution in [2.75, 3.05) is 0 Å². The summed E-state index contributed by atoms with van der Waals surface area (Å²) in [4.78, 5) is 10.3. The van der Waals surface area contributed by atoms with Gasteiger partial charge in [-0.05, 0) is 30.3 Å². The number of thiophene rings is 1. The SMILES string of the molecule is c1ccc(-c2cc(-c3ccccc3)nc(-c3cccc4c3sc3c4ccc4c5ccccc5n(-c5ccccc5)c43)n2)cc1. The largest absolute Gasteiger partial charge is 0.308 e. The number of rotatable bonds is 4. The molecule has 206 valence electrons. The predicted octanol–water partition coefficient (Wildman–Crippen LogP) is 10.9. The van der Waals surface area contributed by atoms with Crippen LogP contribution < -0.4 is 0 Å². The number of para-hydroxylation sites is 2. The average Bonchev–Trinajstić information content (AvgIpc) is 3.65. The third-order valence-corrected chi connectivity index (χ3v) is 9.68. The van der Waals surface area contributed by atoms with Crippen LogP contribution >= 0.6 is 11.3 Å². The molecule has 4 heteroatoms. The lowest BCUT2D eigenvalue weighted by molar-refractivity contribution is 1.19. The van der Waals surface area contributed by atoms with Crippen molar-refractivity contribution in [2.24, 2.45) is 0 Å². The predicted molar refractivity (Wildman–Crippen MR) is 186 cm³/mol. The maximum atomic E-state index is 5.17. The first-order chi connectivity index (χ1) is 21.8. The number of nitrogens with zero attached hydrogens (tertiary/aromatic N) is 3. The summed E-state index contributed by atoms with van der Waals surface area (Å²) in [6.07, 6.45) is 0. The molecule has 3 heterocycles. The first-order valence-corrected chi connectivity index (χ1v) is 15.6. The number of aromatic nitrogens is 3. The molecule has 0 unspecified atom stereocenters. The van der Waals surface area contributed by atoms with Gasteiger partial charge in [0.05, 0.1) is 27.1 Å². The van der Waals surface area contributed by atoms with Gasteiger partial charge in [0.2, 0.25) is 0 Å². The first kappa shape index (κ1) is 25.0. The quantitative estimate of drug-likeness (QED) is 0.208. The lowest BCUT2D eigenvalue weighted by atomic mass is 10.0. The van der Waals surface area contributed by atoms with E-state index in [1.165, 1.54) is 42.0 Å². The van der Waals surface area contributed by atoms with E-state index in [1.54, 1.807) is 0 Å². The summed E-state index contributed by atoms with van der Waals surface area (Å²) in [5, 5.41) is 5.00. The van der Waals surface area contributed by atoms with Gasteiger partial charge in [-0.2, -0.15) is 0 Å². The normalized spacial score (nSPS) is 11.6. The van der Waals surface area contributed by atoms with E-state index in [1.807, 2.05) is 23.5 Å². The van der Waals surface area contributed by atoms with Crippen molar-refractivity contribution >= 4 is 53.3 Å². The highest BCUT2D eigenvalue weighted by atomic mass is 32.1. The second kappa shape index (κ2) is 10.0. The van der Waals surface area contributed by atoms with Gasteiger partial charge in [-0.1, -0.05) is 121 Å². The molecule has 6 aromatic carbocycles. The maximum Gasteiger partial charge on any atom is 0.161 e. The first-order valence-electron chi connectivity index (χ1n) is 14.8. The lowest BCUT2D eigenvalue weighted by Crippen LogP contribution is -1.96. The van der Waals surface area contributed by atoms with Crippen molar-refractivity contribution in [1.29, 1.82) is 0 Å². The van der Waals surface area contributed by atoms with Crippen LogP contribution in [-0.4, -0.2) is 14.5 Å². The van der Waals surface area contributed by atoms with E-state index >= 15 is 0 Å². The topological polar surface area (TPSA) is 30.7 Å². The Morgan fingerprint density at radius 2 is 1.02 bits per heavy atom. The van der Waals surface area contributed by atoms with E-state index in [2.05, 4.69) is 144 Å². The zero-order chi connectivity index (χ0) is 29.0. The molecule has 3 nitrogen and oxygen atoms in total. The second-order valence-electron chi connectivity index (χ2n) is 11.0. The lowest BCUT2D eigenvalue weighted by Gasteiger charge is -2.10. The van der Waals surface area contributed by atoms with Crippen LogP contribution in [0.5, 0.6) is 0 Å². The summed E-state index contributed by atoms with van der Waals surface area (Å²) in [7, 11) is 0. The molecule has 9 aromatic rings. The zero-order valence-electron chi connectivity index (χ0n) is 23.7. The Kier molecular flexibility index (Phi) is 5.68.